The van der Waals surface area contributed by atoms with Crippen LogP contribution in [0.2, 0.25) is 0 Å². The highest BCUT2D eigenvalue weighted by molar-refractivity contribution is 7.10. The quantitative estimate of drug-likeness (QED) is 0.449. The van der Waals surface area contributed by atoms with Gasteiger partial charge in [0, 0.05) is 24.0 Å². The molecule has 0 saturated heterocycles. The third-order valence-corrected chi connectivity index (χ3v) is 6.90. The fourth-order valence-electron chi connectivity index (χ4n) is 4.57. The van der Waals surface area contributed by atoms with Crippen molar-refractivity contribution in [1.29, 1.82) is 0 Å². The van der Waals surface area contributed by atoms with Crippen LogP contribution in [0.15, 0.2) is 66.0 Å². The summed E-state index contributed by atoms with van der Waals surface area (Å²) >= 11 is 1.59. The summed E-state index contributed by atoms with van der Waals surface area (Å²) in [7, 11) is 1.79. The van der Waals surface area contributed by atoms with Crippen LogP contribution in [0, 0.1) is 5.92 Å². The van der Waals surface area contributed by atoms with Crippen molar-refractivity contribution in [1.82, 2.24) is 4.90 Å². The topological polar surface area (TPSA) is 49.9 Å². The zero-order chi connectivity index (χ0) is 23.5. The van der Waals surface area contributed by atoms with Gasteiger partial charge in [0.25, 0.3) is 5.91 Å². The van der Waals surface area contributed by atoms with E-state index in [1.54, 1.807) is 23.3 Å². The van der Waals surface area contributed by atoms with Crippen LogP contribution in [0.4, 0.5) is 5.69 Å². The number of benzene rings is 2. The molecule has 6 heteroatoms. The first kappa shape index (κ1) is 23.1. The van der Waals surface area contributed by atoms with Crippen molar-refractivity contribution < 1.29 is 14.3 Å². The lowest BCUT2D eigenvalue weighted by atomic mass is 9.80. The molecule has 0 fully saturated rings. The molecule has 2 aromatic carbocycles. The molecule has 3 aromatic rings. The van der Waals surface area contributed by atoms with E-state index < -0.39 is 5.92 Å². The Morgan fingerprint density at radius 3 is 2.52 bits per heavy atom. The van der Waals surface area contributed by atoms with Crippen LogP contribution in [-0.4, -0.2) is 36.9 Å². The molecular weight excluding hydrogens is 432 g/mol. The first-order chi connectivity index (χ1) is 15.9. The summed E-state index contributed by atoms with van der Waals surface area (Å²) in [6.45, 7) is 7.22. The molecule has 0 radical (unpaired) electrons. The van der Waals surface area contributed by atoms with E-state index in [9.17, 15) is 9.59 Å². The van der Waals surface area contributed by atoms with Crippen LogP contribution in [0.3, 0.4) is 0 Å². The number of para-hydroxylation sites is 2. The Morgan fingerprint density at radius 1 is 1.09 bits per heavy atom. The molecule has 4 rings (SSSR count). The average Bonchev–Trinajstić information content (AvgIpc) is 3.35. The van der Waals surface area contributed by atoms with E-state index in [2.05, 4.69) is 13.8 Å². The molecule has 1 aliphatic rings. The molecule has 0 N–H and O–H groups in total. The summed E-state index contributed by atoms with van der Waals surface area (Å²) in [4.78, 5) is 32.4. The van der Waals surface area contributed by atoms with Gasteiger partial charge in [0.1, 0.15) is 5.75 Å². The van der Waals surface area contributed by atoms with Gasteiger partial charge in [0.05, 0.1) is 24.3 Å². The number of ether oxygens (including phenoxy) is 1. The van der Waals surface area contributed by atoms with Gasteiger partial charge < -0.3 is 14.5 Å². The first-order valence-electron chi connectivity index (χ1n) is 11.4. The van der Waals surface area contributed by atoms with Crippen LogP contribution in [0.5, 0.6) is 5.75 Å². The van der Waals surface area contributed by atoms with Crippen molar-refractivity contribution in [2.45, 2.75) is 32.7 Å². The Bertz CT molecular complexity index is 1130. The smallest absolute Gasteiger partial charge is 0.254 e. The van der Waals surface area contributed by atoms with E-state index in [4.69, 9.17) is 4.74 Å². The van der Waals surface area contributed by atoms with Crippen molar-refractivity contribution in [2.75, 3.05) is 25.1 Å². The maximum atomic E-state index is 14.2. The summed E-state index contributed by atoms with van der Waals surface area (Å²) in [5.41, 5.74) is 2.11. The second kappa shape index (κ2) is 9.79. The summed E-state index contributed by atoms with van der Waals surface area (Å²) in [6, 6.07) is 18.8. The van der Waals surface area contributed by atoms with Crippen LogP contribution >= 0.6 is 11.3 Å². The SMILES string of the molecule is CCOc1ccccc1N(C)C(=O)[C@H]1c2ccccc2C(=O)N(CC(C)C)[C@@H]1c1cccs1. The molecule has 0 bridgehead atoms. The number of fused-ring (bicyclic) bond motifs is 1. The Balaban J connectivity index is 1.85. The van der Waals surface area contributed by atoms with E-state index in [1.807, 2.05) is 77.9 Å². The molecule has 1 aliphatic heterocycles. The predicted octanol–water partition coefficient (Wildman–Crippen LogP) is 5.75. The molecule has 0 aliphatic carbocycles. The molecular formula is C27H30N2O3S. The van der Waals surface area contributed by atoms with E-state index in [0.29, 0.717) is 24.5 Å². The maximum absolute atomic E-state index is 14.2. The molecule has 172 valence electrons. The molecule has 33 heavy (non-hydrogen) atoms. The van der Waals surface area contributed by atoms with Crippen molar-refractivity contribution in [3.63, 3.8) is 0 Å². The van der Waals surface area contributed by atoms with Gasteiger partial charge in [-0.3, -0.25) is 9.59 Å². The van der Waals surface area contributed by atoms with Crippen molar-refractivity contribution in [3.05, 3.63) is 82.0 Å². The minimum absolute atomic E-state index is 0.0147. The van der Waals surface area contributed by atoms with Crippen LogP contribution in [-0.2, 0) is 4.79 Å². The van der Waals surface area contributed by atoms with Gasteiger partial charge in [0.15, 0.2) is 0 Å². The predicted molar refractivity (Wildman–Crippen MR) is 133 cm³/mol. The summed E-state index contributed by atoms with van der Waals surface area (Å²) < 4.78 is 5.80. The van der Waals surface area contributed by atoms with Crippen LogP contribution in [0.1, 0.15) is 53.5 Å². The number of carbonyl (C=O) groups excluding carboxylic acids is 2. The standard InChI is InChI=1S/C27H30N2O3S/c1-5-32-22-14-9-8-13-21(22)28(4)27(31)24-19-11-6-7-12-20(19)26(30)29(17-18(2)3)25(24)23-15-10-16-33-23/h6-16,18,24-25H,5,17H2,1-4H3/t24-,25+/m0/s1. The molecule has 0 unspecified atom stereocenters. The zero-order valence-electron chi connectivity index (χ0n) is 19.5. The third kappa shape index (κ3) is 4.40. The van der Waals surface area contributed by atoms with Gasteiger partial charge in [0.2, 0.25) is 5.91 Å². The fourth-order valence-corrected chi connectivity index (χ4v) is 5.44. The van der Waals surface area contributed by atoms with Gasteiger partial charge in [-0.05, 0) is 48.1 Å². The Morgan fingerprint density at radius 2 is 1.82 bits per heavy atom. The van der Waals surface area contributed by atoms with E-state index >= 15 is 0 Å². The van der Waals surface area contributed by atoms with E-state index in [1.165, 1.54) is 0 Å². The van der Waals surface area contributed by atoms with Gasteiger partial charge in [-0.25, -0.2) is 0 Å². The first-order valence-corrected chi connectivity index (χ1v) is 12.2. The highest BCUT2D eigenvalue weighted by Crippen LogP contribution is 2.46. The number of thiophene rings is 1. The van der Waals surface area contributed by atoms with E-state index in [0.717, 1.165) is 16.1 Å². The number of amides is 2. The number of anilines is 1. The van der Waals surface area contributed by atoms with Crippen LogP contribution < -0.4 is 9.64 Å². The van der Waals surface area contributed by atoms with Crippen LogP contribution in [0.25, 0.3) is 0 Å². The van der Waals surface area contributed by atoms with Gasteiger partial charge in [-0.2, -0.15) is 0 Å². The second-order valence-electron chi connectivity index (χ2n) is 8.67. The minimum Gasteiger partial charge on any atom is -0.492 e. The van der Waals surface area contributed by atoms with Crippen molar-refractivity contribution >= 4 is 28.8 Å². The maximum Gasteiger partial charge on any atom is 0.254 e. The number of nitrogens with zero attached hydrogens (tertiary/aromatic N) is 2. The third-order valence-electron chi connectivity index (χ3n) is 5.96. The molecule has 0 spiro atoms. The molecule has 2 amide bonds. The number of carbonyl (C=O) groups is 2. The molecule has 0 saturated carbocycles. The highest BCUT2D eigenvalue weighted by atomic mass is 32.1. The van der Waals surface area contributed by atoms with Crippen molar-refractivity contribution in [2.24, 2.45) is 5.92 Å². The van der Waals surface area contributed by atoms with Crippen molar-refractivity contribution in [3.8, 4) is 5.75 Å². The monoisotopic (exact) mass is 462 g/mol. The number of likely N-dealkylation sites (N-methyl/N-ethyl adjacent to an activating group) is 1. The van der Waals surface area contributed by atoms with Gasteiger partial charge >= 0.3 is 0 Å². The molecule has 2 heterocycles. The largest absolute Gasteiger partial charge is 0.492 e. The lowest BCUT2D eigenvalue weighted by Gasteiger charge is -2.43. The number of hydrogen-bond donors (Lipinski definition) is 0. The second-order valence-corrected chi connectivity index (χ2v) is 9.65. The number of hydrogen-bond acceptors (Lipinski definition) is 4. The summed E-state index contributed by atoms with van der Waals surface area (Å²) in [5, 5.41) is 2.00. The summed E-state index contributed by atoms with van der Waals surface area (Å²) in [5.74, 6) is 0.348. The lowest BCUT2D eigenvalue weighted by Crippen LogP contribution is -2.48. The zero-order valence-corrected chi connectivity index (χ0v) is 20.3. The molecule has 1 aromatic heterocycles. The Hall–Kier alpha value is -3.12. The fraction of sp³-hybridized carbons (Fsp3) is 0.333. The lowest BCUT2D eigenvalue weighted by molar-refractivity contribution is -0.121. The normalized spacial score (nSPS) is 17.7. The van der Waals surface area contributed by atoms with E-state index in [-0.39, 0.29) is 23.8 Å². The Kier molecular flexibility index (Phi) is 6.84. The Labute approximate surface area is 199 Å². The minimum atomic E-state index is -0.518. The van der Waals surface area contributed by atoms with Gasteiger partial charge in [-0.15, -0.1) is 11.3 Å². The number of rotatable bonds is 7. The average molecular weight is 463 g/mol. The molecule has 2 atom stereocenters. The van der Waals surface area contributed by atoms with Gasteiger partial charge in [-0.1, -0.05) is 50.2 Å². The summed E-state index contributed by atoms with van der Waals surface area (Å²) in [6.07, 6.45) is 0. The highest BCUT2D eigenvalue weighted by Gasteiger charge is 2.45. The molecule has 5 nitrogen and oxygen atoms in total.